The lowest BCUT2D eigenvalue weighted by Crippen LogP contribution is -2.39. The molecule has 1 aliphatic heterocycles. The minimum atomic E-state index is 0. The van der Waals surface area contributed by atoms with Crippen molar-refractivity contribution in [3.8, 4) is 0 Å². The van der Waals surface area contributed by atoms with Gasteiger partial charge in [-0.25, -0.2) is 0 Å². The quantitative estimate of drug-likeness (QED) is 0.445. The second-order valence-electron chi connectivity index (χ2n) is 5.32. The Hall–Kier alpha value is -0.530. The molecule has 1 heterocycles. The summed E-state index contributed by atoms with van der Waals surface area (Å²) in [5.74, 6) is 1.54. The van der Waals surface area contributed by atoms with Crippen molar-refractivity contribution in [3.63, 3.8) is 0 Å². The highest BCUT2D eigenvalue weighted by atomic mass is 127. The Morgan fingerprint density at radius 1 is 1.38 bits per heavy atom. The summed E-state index contributed by atoms with van der Waals surface area (Å²) in [5, 5.41) is 7.48. The molecule has 0 radical (unpaired) electrons. The van der Waals surface area contributed by atoms with Gasteiger partial charge in [0.2, 0.25) is 0 Å². The fourth-order valence-corrected chi connectivity index (χ4v) is 2.68. The lowest BCUT2D eigenvalue weighted by atomic mass is 10.1. The maximum absolute atomic E-state index is 6.14. The van der Waals surface area contributed by atoms with Crippen LogP contribution in [0, 0.1) is 5.92 Å². The van der Waals surface area contributed by atoms with E-state index in [0.717, 1.165) is 29.6 Å². The fraction of sp³-hybridized carbons (Fsp3) is 0.533. The molecule has 0 aromatic heterocycles. The van der Waals surface area contributed by atoms with Crippen molar-refractivity contribution < 1.29 is 0 Å². The van der Waals surface area contributed by atoms with E-state index in [1.807, 2.05) is 24.3 Å². The molecule has 0 amide bonds. The number of hydrogen-bond donors (Lipinski definition) is 2. The summed E-state index contributed by atoms with van der Waals surface area (Å²) in [4.78, 5) is 6.62. The highest BCUT2D eigenvalue weighted by molar-refractivity contribution is 14.0. The Bertz CT molecular complexity index is 467. The van der Waals surface area contributed by atoms with E-state index in [1.54, 1.807) is 7.05 Å². The number of aliphatic imine (C=N–C) groups is 1. The van der Waals surface area contributed by atoms with Crippen LogP contribution in [0.1, 0.15) is 12.0 Å². The Morgan fingerprint density at radius 3 is 2.76 bits per heavy atom. The minimum absolute atomic E-state index is 0. The molecule has 1 atom stereocenters. The molecular formula is C15H24ClIN4. The summed E-state index contributed by atoms with van der Waals surface area (Å²) in [6, 6.07) is 7.86. The van der Waals surface area contributed by atoms with Gasteiger partial charge in [-0.05, 0) is 37.6 Å². The van der Waals surface area contributed by atoms with E-state index in [1.165, 1.54) is 13.0 Å². The third-order valence-corrected chi connectivity index (χ3v) is 4.04. The van der Waals surface area contributed by atoms with Crippen molar-refractivity contribution >= 4 is 41.5 Å². The van der Waals surface area contributed by atoms with Crippen molar-refractivity contribution in [2.45, 2.75) is 13.0 Å². The van der Waals surface area contributed by atoms with E-state index < -0.39 is 0 Å². The van der Waals surface area contributed by atoms with Crippen LogP contribution in [-0.4, -0.2) is 44.6 Å². The second-order valence-corrected chi connectivity index (χ2v) is 5.72. The molecule has 0 aliphatic carbocycles. The Morgan fingerprint density at radius 2 is 2.14 bits per heavy atom. The predicted molar refractivity (Wildman–Crippen MR) is 101 cm³/mol. The first kappa shape index (κ1) is 18.5. The minimum Gasteiger partial charge on any atom is -0.356 e. The normalized spacial score (nSPS) is 19.2. The molecule has 0 spiro atoms. The van der Waals surface area contributed by atoms with Crippen molar-refractivity contribution in [2.24, 2.45) is 10.9 Å². The zero-order chi connectivity index (χ0) is 14.4. The molecule has 2 N–H and O–H groups in total. The van der Waals surface area contributed by atoms with Crippen LogP contribution >= 0.6 is 35.6 Å². The van der Waals surface area contributed by atoms with Crippen LogP contribution in [0.15, 0.2) is 29.3 Å². The molecule has 0 saturated carbocycles. The van der Waals surface area contributed by atoms with Crippen molar-refractivity contribution in [2.75, 3.05) is 33.7 Å². The second kappa shape index (κ2) is 9.48. The van der Waals surface area contributed by atoms with E-state index >= 15 is 0 Å². The zero-order valence-corrected chi connectivity index (χ0v) is 15.7. The van der Waals surface area contributed by atoms with Gasteiger partial charge in [0.15, 0.2) is 5.96 Å². The molecule has 6 heteroatoms. The van der Waals surface area contributed by atoms with Gasteiger partial charge in [0.05, 0.1) is 0 Å². The number of halogens is 2. The predicted octanol–water partition coefficient (Wildman–Crippen LogP) is 2.57. The average molecular weight is 423 g/mol. The largest absolute Gasteiger partial charge is 0.356 e. The van der Waals surface area contributed by atoms with E-state index in [2.05, 4.69) is 27.6 Å². The van der Waals surface area contributed by atoms with Crippen LogP contribution in [0.3, 0.4) is 0 Å². The van der Waals surface area contributed by atoms with Gasteiger partial charge < -0.3 is 15.5 Å². The van der Waals surface area contributed by atoms with Crippen molar-refractivity contribution in [3.05, 3.63) is 34.9 Å². The third-order valence-electron chi connectivity index (χ3n) is 3.67. The highest BCUT2D eigenvalue weighted by Crippen LogP contribution is 2.14. The SMILES string of the molecule is CN=C(NCc1ccccc1Cl)NCC1CCN(C)C1.I. The molecule has 0 bridgehead atoms. The molecular weight excluding hydrogens is 399 g/mol. The number of nitrogens with one attached hydrogen (secondary N) is 2. The molecule has 21 heavy (non-hydrogen) atoms. The summed E-state index contributed by atoms with van der Waals surface area (Å²) in [6.07, 6.45) is 1.25. The molecule has 1 aromatic carbocycles. The Labute approximate surface area is 149 Å². The van der Waals surface area contributed by atoms with Gasteiger partial charge in [0, 0.05) is 31.7 Å². The fourth-order valence-electron chi connectivity index (χ4n) is 2.48. The summed E-state index contributed by atoms with van der Waals surface area (Å²) in [7, 11) is 3.97. The smallest absolute Gasteiger partial charge is 0.191 e. The zero-order valence-electron chi connectivity index (χ0n) is 12.6. The monoisotopic (exact) mass is 422 g/mol. The standard InChI is InChI=1S/C15H23ClN4.HI/c1-17-15(18-9-12-7-8-20(2)11-12)19-10-13-5-3-4-6-14(13)16;/h3-6,12H,7-11H2,1-2H3,(H2,17,18,19);1H. The Kier molecular flexibility index (Phi) is 8.36. The first-order chi connectivity index (χ1) is 9.69. The molecule has 2 rings (SSSR count). The number of likely N-dealkylation sites (tertiary alicyclic amines) is 1. The van der Waals surface area contributed by atoms with Crippen molar-refractivity contribution in [1.29, 1.82) is 0 Å². The van der Waals surface area contributed by atoms with Crippen LogP contribution in [0.25, 0.3) is 0 Å². The number of rotatable bonds is 4. The van der Waals surface area contributed by atoms with Crippen LogP contribution < -0.4 is 10.6 Å². The summed E-state index contributed by atoms with van der Waals surface area (Å²) in [6.45, 7) is 4.00. The topological polar surface area (TPSA) is 39.7 Å². The molecule has 1 fully saturated rings. The number of hydrogen-bond acceptors (Lipinski definition) is 2. The van der Waals surface area contributed by atoms with Crippen LogP contribution in [0.2, 0.25) is 5.02 Å². The molecule has 1 aromatic rings. The molecule has 118 valence electrons. The van der Waals surface area contributed by atoms with Crippen LogP contribution in [0.4, 0.5) is 0 Å². The summed E-state index contributed by atoms with van der Waals surface area (Å²) < 4.78 is 0. The van der Waals surface area contributed by atoms with Gasteiger partial charge >= 0.3 is 0 Å². The molecule has 1 saturated heterocycles. The van der Waals surface area contributed by atoms with E-state index in [4.69, 9.17) is 11.6 Å². The van der Waals surface area contributed by atoms with Crippen LogP contribution in [-0.2, 0) is 6.54 Å². The maximum atomic E-state index is 6.14. The first-order valence-electron chi connectivity index (χ1n) is 7.05. The summed E-state index contributed by atoms with van der Waals surface area (Å²) in [5.41, 5.74) is 1.08. The van der Waals surface area contributed by atoms with Gasteiger partial charge in [0.25, 0.3) is 0 Å². The average Bonchev–Trinajstić information content (AvgIpc) is 2.86. The number of nitrogens with zero attached hydrogens (tertiary/aromatic N) is 2. The molecule has 1 aliphatic rings. The van der Waals surface area contributed by atoms with Gasteiger partial charge in [-0.2, -0.15) is 0 Å². The van der Waals surface area contributed by atoms with Gasteiger partial charge in [-0.1, -0.05) is 29.8 Å². The maximum Gasteiger partial charge on any atom is 0.191 e. The third kappa shape index (κ3) is 6.00. The first-order valence-corrected chi connectivity index (χ1v) is 7.43. The van der Waals surface area contributed by atoms with Crippen LogP contribution in [0.5, 0.6) is 0 Å². The lowest BCUT2D eigenvalue weighted by Gasteiger charge is -2.15. The molecule has 1 unspecified atom stereocenters. The Balaban J connectivity index is 0.00000220. The van der Waals surface area contributed by atoms with Crippen molar-refractivity contribution in [1.82, 2.24) is 15.5 Å². The lowest BCUT2D eigenvalue weighted by molar-refractivity contribution is 0.394. The van der Waals surface area contributed by atoms with Gasteiger partial charge in [0.1, 0.15) is 0 Å². The number of guanidine groups is 1. The highest BCUT2D eigenvalue weighted by Gasteiger charge is 2.19. The number of benzene rings is 1. The summed E-state index contributed by atoms with van der Waals surface area (Å²) >= 11 is 6.14. The van der Waals surface area contributed by atoms with E-state index in [-0.39, 0.29) is 24.0 Å². The molecule has 4 nitrogen and oxygen atoms in total. The van der Waals surface area contributed by atoms with E-state index in [0.29, 0.717) is 12.5 Å². The van der Waals surface area contributed by atoms with Gasteiger partial charge in [-0.3, -0.25) is 4.99 Å². The van der Waals surface area contributed by atoms with Gasteiger partial charge in [-0.15, -0.1) is 24.0 Å². The van der Waals surface area contributed by atoms with E-state index in [9.17, 15) is 0 Å².